The van der Waals surface area contributed by atoms with E-state index >= 15 is 0 Å². The van der Waals surface area contributed by atoms with Crippen molar-refractivity contribution in [3.63, 3.8) is 0 Å². The first kappa shape index (κ1) is 18.0. The van der Waals surface area contributed by atoms with Gasteiger partial charge in [-0.2, -0.15) is 13.2 Å². The van der Waals surface area contributed by atoms with E-state index in [1.165, 1.54) is 7.11 Å². The van der Waals surface area contributed by atoms with Crippen LogP contribution in [0.5, 0.6) is 5.75 Å². The first-order chi connectivity index (χ1) is 12.3. The average Bonchev–Trinajstić information content (AvgIpc) is 3.08. The topological polar surface area (TPSA) is 100.0 Å². The van der Waals surface area contributed by atoms with Crippen LogP contribution in [0.3, 0.4) is 0 Å². The normalized spacial score (nSPS) is 11.5. The second kappa shape index (κ2) is 7.20. The molecular weight excluding hydrogens is 371 g/mol. The minimum absolute atomic E-state index is 0.0950. The van der Waals surface area contributed by atoms with Gasteiger partial charge in [0.1, 0.15) is 11.6 Å². The zero-order valence-electron chi connectivity index (χ0n) is 13.3. The molecule has 11 heteroatoms. The molecule has 0 saturated carbocycles. The lowest BCUT2D eigenvalue weighted by atomic mass is 10.2. The lowest BCUT2D eigenvalue weighted by Crippen LogP contribution is -2.10. The van der Waals surface area contributed by atoms with Gasteiger partial charge in [0.2, 0.25) is 11.8 Å². The first-order valence-electron chi connectivity index (χ1n) is 7.16. The van der Waals surface area contributed by atoms with Gasteiger partial charge in [0.25, 0.3) is 0 Å². The third-order valence-corrected chi connectivity index (χ3v) is 3.96. The lowest BCUT2D eigenvalue weighted by molar-refractivity contribution is -0.141. The monoisotopic (exact) mass is 383 g/mol. The van der Waals surface area contributed by atoms with E-state index in [9.17, 15) is 13.2 Å². The van der Waals surface area contributed by atoms with Gasteiger partial charge >= 0.3 is 6.18 Å². The third-order valence-electron chi connectivity index (χ3n) is 3.12. The summed E-state index contributed by atoms with van der Waals surface area (Å²) in [4.78, 5) is 7.22. The van der Waals surface area contributed by atoms with Crippen LogP contribution in [0, 0.1) is 0 Å². The highest BCUT2D eigenvalue weighted by Gasteiger charge is 2.33. The fourth-order valence-electron chi connectivity index (χ4n) is 1.96. The summed E-state index contributed by atoms with van der Waals surface area (Å²) in [6.07, 6.45) is -4.60. The minimum Gasteiger partial charge on any atom is -0.497 e. The van der Waals surface area contributed by atoms with E-state index in [2.05, 4.69) is 20.2 Å². The molecule has 136 valence electrons. The zero-order chi connectivity index (χ0) is 18.7. The lowest BCUT2D eigenvalue weighted by Gasteiger charge is -2.07. The Kier molecular flexibility index (Phi) is 4.98. The number of thioether (sulfide) groups is 1. The molecule has 26 heavy (non-hydrogen) atoms. The fourth-order valence-corrected chi connectivity index (χ4v) is 2.67. The van der Waals surface area contributed by atoms with Crippen LogP contribution in [0.25, 0.3) is 11.5 Å². The van der Waals surface area contributed by atoms with Crippen LogP contribution in [0.2, 0.25) is 0 Å². The van der Waals surface area contributed by atoms with Gasteiger partial charge in [-0.25, -0.2) is 9.97 Å². The van der Waals surface area contributed by atoms with Gasteiger partial charge in [0.05, 0.1) is 12.9 Å². The average molecular weight is 383 g/mol. The smallest absolute Gasteiger partial charge is 0.433 e. The van der Waals surface area contributed by atoms with Crippen molar-refractivity contribution < 1.29 is 22.3 Å². The zero-order valence-corrected chi connectivity index (χ0v) is 14.1. The van der Waals surface area contributed by atoms with Crippen molar-refractivity contribution in [1.82, 2.24) is 20.2 Å². The van der Waals surface area contributed by atoms with E-state index < -0.39 is 11.9 Å². The molecule has 1 aromatic carbocycles. The Hall–Kier alpha value is -2.82. The summed E-state index contributed by atoms with van der Waals surface area (Å²) >= 11 is 0.911. The number of nitrogens with two attached hydrogens (primary N) is 1. The van der Waals surface area contributed by atoms with Gasteiger partial charge in [-0.3, -0.25) is 0 Å². The van der Waals surface area contributed by atoms with Crippen molar-refractivity contribution in [2.24, 2.45) is 0 Å². The van der Waals surface area contributed by atoms with Crippen molar-refractivity contribution in [2.75, 3.05) is 12.8 Å². The maximum Gasteiger partial charge on any atom is 0.433 e. The first-order valence-corrected chi connectivity index (χ1v) is 8.15. The van der Waals surface area contributed by atoms with E-state index in [0.29, 0.717) is 17.4 Å². The van der Waals surface area contributed by atoms with Gasteiger partial charge in [-0.15, -0.1) is 10.2 Å². The highest BCUT2D eigenvalue weighted by atomic mass is 32.2. The van der Waals surface area contributed by atoms with E-state index in [-0.39, 0.29) is 28.5 Å². The highest BCUT2D eigenvalue weighted by molar-refractivity contribution is 7.98. The molecule has 2 aromatic heterocycles. The van der Waals surface area contributed by atoms with E-state index in [0.717, 1.165) is 11.8 Å². The van der Waals surface area contributed by atoms with Crippen LogP contribution >= 0.6 is 11.8 Å². The van der Waals surface area contributed by atoms with Crippen molar-refractivity contribution in [1.29, 1.82) is 0 Å². The Balaban J connectivity index is 1.73. The Morgan fingerprint density at radius 1 is 1.19 bits per heavy atom. The maximum atomic E-state index is 12.8. The van der Waals surface area contributed by atoms with Gasteiger partial charge in [-0.1, -0.05) is 17.8 Å². The number of benzene rings is 1. The Morgan fingerprint density at radius 3 is 2.73 bits per heavy atom. The second-order valence-electron chi connectivity index (χ2n) is 4.98. The Bertz CT molecular complexity index is 916. The van der Waals surface area contributed by atoms with Crippen LogP contribution in [-0.4, -0.2) is 27.3 Å². The molecule has 0 aliphatic heterocycles. The number of aromatic nitrogens is 4. The van der Waals surface area contributed by atoms with Crippen LogP contribution < -0.4 is 10.5 Å². The number of hydrogen-bond donors (Lipinski definition) is 1. The Morgan fingerprint density at radius 2 is 2.00 bits per heavy atom. The SMILES string of the molecule is COc1cccc(-c2nnc(CSc3nc(N)cc(C(F)(F)F)n3)o2)c1. The molecule has 3 rings (SSSR count). The van der Waals surface area contributed by atoms with Gasteiger partial charge < -0.3 is 14.9 Å². The number of hydrogen-bond acceptors (Lipinski definition) is 8. The summed E-state index contributed by atoms with van der Waals surface area (Å²) in [6.45, 7) is 0. The largest absolute Gasteiger partial charge is 0.497 e. The van der Waals surface area contributed by atoms with Crippen molar-refractivity contribution >= 4 is 17.6 Å². The summed E-state index contributed by atoms with van der Waals surface area (Å²) in [5.74, 6) is 0.941. The standard InChI is InChI=1S/C15H12F3N5O2S/c1-24-9-4-2-3-8(5-9)13-23-22-12(25-13)7-26-14-20-10(15(16,17)18)6-11(19)21-14/h2-6H,7H2,1H3,(H2,19,20,21). The molecular formula is C15H12F3N5O2S. The third kappa shape index (κ3) is 4.23. The number of anilines is 1. The van der Waals surface area contributed by atoms with Gasteiger partial charge in [0, 0.05) is 11.6 Å². The molecule has 0 bridgehead atoms. The summed E-state index contributed by atoms with van der Waals surface area (Å²) in [5.41, 5.74) is 4.96. The van der Waals surface area contributed by atoms with E-state index in [1.807, 2.05) is 0 Å². The van der Waals surface area contributed by atoms with E-state index in [4.69, 9.17) is 14.9 Å². The number of rotatable bonds is 5. The van der Waals surface area contributed by atoms with Crippen LogP contribution in [0.1, 0.15) is 11.6 Å². The second-order valence-corrected chi connectivity index (χ2v) is 5.92. The number of halogens is 3. The number of nitrogens with zero attached hydrogens (tertiary/aromatic N) is 4. The maximum absolute atomic E-state index is 12.8. The predicted molar refractivity (Wildman–Crippen MR) is 87.3 cm³/mol. The molecule has 7 nitrogen and oxygen atoms in total. The van der Waals surface area contributed by atoms with Crippen molar-refractivity contribution in [3.05, 3.63) is 41.9 Å². The molecule has 2 N–H and O–H groups in total. The number of nitrogen functional groups attached to an aromatic ring is 1. The van der Waals surface area contributed by atoms with Crippen LogP contribution in [-0.2, 0) is 11.9 Å². The fraction of sp³-hybridized carbons (Fsp3) is 0.200. The van der Waals surface area contributed by atoms with Crippen molar-refractivity contribution in [3.8, 4) is 17.2 Å². The van der Waals surface area contributed by atoms with Crippen LogP contribution in [0.15, 0.2) is 39.9 Å². The summed E-state index contributed by atoms with van der Waals surface area (Å²) in [7, 11) is 1.54. The quantitative estimate of drug-likeness (QED) is 0.528. The molecule has 0 spiro atoms. The molecule has 0 aliphatic rings. The van der Waals surface area contributed by atoms with Gasteiger partial charge in [0.15, 0.2) is 10.9 Å². The summed E-state index contributed by atoms with van der Waals surface area (Å²) < 4.78 is 48.9. The summed E-state index contributed by atoms with van der Waals surface area (Å²) in [6, 6.07) is 7.71. The number of ether oxygens (including phenoxy) is 1. The molecule has 0 saturated heterocycles. The molecule has 0 aliphatic carbocycles. The highest BCUT2D eigenvalue weighted by Crippen LogP contribution is 2.31. The van der Waals surface area contributed by atoms with Crippen LogP contribution in [0.4, 0.5) is 19.0 Å². The van der Waals surface area contributed by atoms with E-state index in [1.54, 1.807) is 24.3 Å². The molecule has 2 heterocycles. The molecule has 0 radical (unpaired) electrons. The summed E-state index contributed by atoms with van der Waals surface area (Å²) in [5, 5.41) is 7.66. The molecule has 3 aromatic rings. The van der Waals surface area contributed by atoms with Crippen molar-refractivity contribution in [2.45, 2.75) is 17.1 Å². The predicted octanol–water partition coefficient (Wildman–Crippen LogP) is 3.43. The molecule has 0 amide bonds. The van der Waals surface area contributed by atoms with Gasteiger partial charge in [-0.05, 0) is 18.2 Å². The number of alkyl halides is 3. The number of methoxy groups -OCH3 is 1. The minimum atomic E-state index is -4.60. The Labute approximate surface area is 149 Å². The molecule has 0 atom stereocenters. The molecule has 0 unspecified atom stereocenters. The molecule has 0 fully saturated rings.